The summed E-state index contributed by atoms with van der Waals surface area (Å²) in [4.78, 5) is 21.6. The van der Waals surface area contributed by atoms with E-state index in [2.05, 4.69) is 12.2 Å². The minimum atomic E-state index is -0.907. The number of amides is 1. The molecular formula is C16H23FN2O3. The van der Waals surface area contributed by atoms with Crippen LogP contribution in [0.5, 0.6) is 0 Å². The molecule has 0 saturated heterocycles. The van der Waals surface area contributed by atoms with Crippen LogP contribution in [0.4, 0.5) is 15.8 Å². The molecule has 0 spiro atoms. The highest BCUT2D eigenvalue weighted by Crippen LogP contribution is 2.21. The van der Waals surface area contributed by atoms with Gasteiger partial charge in [0, 0.05) is 18.2 Å². The molecule has 0 atom stereocenters. The van der Waals surface area contributed by atoms with Crippen molar-refractivity contribution in [3.05, 3.63) is 34.1 Å². The number of anilines is 1. The molecule has 1 rings (SSSR count). The molecule has 1 aromatic carbocycles. The molecule has 0 aliphatic heterocycles. The topological polar surface area (TPSA) is 72.2 Å². The highest BCUT2D eigenvalue weighted by molar-refractivity contribution is 5.90. The first-order chi connectivity index (χ1) is 10.5. The predicted octanol–water partition coefficient (Wildman–Crippen LogP) is 4.81. The van der Waals surface area contributed by atoms with Crippen LogP contribution in [-0.2, 0) is 4.79 Å². The highest BCUT2D eigenvalue weighted by atomic mass is 19.1. The second-order valence-corrected chi connectivity index (χ2v) is 5.34. The van der Waals surface area contributed by atoms with Crippen LogP contribution < -0.4 is 5.32 Å². The van der Waals surface area contributed by atoms with Gasteiger partial charge in [-0.25, -0.2) is 0 Å². The molecule has 1 N–H and O–H groups in total. The molecule has 0 radical (unpaired) electrons. The lowest BCUT2D eigenvalue weighted by Gasteiger charge is -2.05. The summed E-state index contributed by atoms with van der Waals surface area (Å²) in [5.41, 5.74) is -0.380. The smallest absolute Gasteiger partial charge is 0.306 e. The van der Waals surface area contributed by atoms with Gasteiger partial charge in [-0.05, 0) is 18.6 Å². The van der Waals surface area contributed by atoms with Crippen LogP contribution in [0.1, 0.15) is 58.3 Å². The number of hydrogen-bond acceptors (Lipinski definition) is 3. The molecule has 0 heterocycles. The second-order valence-electron chi connectivity index (χ2n) is 5.34. The molecule has 0 aliphatic rings. The Kier molecular flexibility index (Phi) is 8.10. The molecule has 0 bridgehead atoms. The Balaban J connectivity index is 2.30. The quantitative estimate of drug-likeness (QED) is 0.383. The van der Waals surface area contributed by atoms with E-state index in [-0.39, 0.29) is 11.6 Å². The van der Waals surface area contributed by atoms with Gasteiger partial charge in [-0.1, -0.05) is 45.4 Å². The molecular weight excluding hydrogens is 287 g/mol. The molecule has 122 valence electrons. The van der Waals surface area contributed by atoms with E-state index in [0.717, 1.165) is 31.4 Å². The first kappa shape index (κ1) is 18.1. The van der Waals surface area contributed by atoms with Crippen molar-refractivity contribution in [2.24, 2.45) is 0 Å². The van der Waals surface area contributed by atoms with Crippen LogP contribution in [-0.4, -0.2) is 10.8 Å². The third kappa shape index (κ3) is 6.65. The van der Waals surface area contributed by atoms with Crippen molar-refractivity contribution >= 4 is 17.3 Å². The molecule has 0 aliphatic carbocycles. The van der Waals surface area contributed by atoms with Crippen molar-refractivity contribution < 1.29 is 14.1 Å². The van der Waals surface area contributed by atoms with E-state index in [1.54, 1.807) is 0 Å². The zero-order valence-electron chi connectivity index (χ0n) is 12.9. The minimum Gasteiger partial charge on any atom is -0.326 e. The van der Waals surface area contributed by atoms with Gasteiger partial charge in [0.15, 0.2) is 0 Å². The maximum absolute atomic E-state index is 13.2. The van der Waals surface area contributed by atoms with Gasteiger partial charge < -0.3 is 5.32 Å². The molecule has 0 aromatic heterocycles. The third-order valence-electron chi connectivity index (χ3n) is 3.43. The third-order valence-corrected chi connectivity index (χ3v) is 3.43. The normalized spacial score (nSPS) is 10.5. The Hall–Kier alpha value is -1.98. The van der Waals surface area contributed by atoms with E-state index >= 15 is 0 Å². The van der Waals surface area contributed by atoms with Gasteiger partial charge in [0.1, 0.15) is 0 Å². The second kappa shape index (κ2) is 9.87. The molecule has 1 amide bonds. The van der Waals surface area contributed by atoms with Crippen LogP contribution in [0.2, 0.25) is 0 Å². The number of rotatable bonds is 10. The maximum atomic E-state index is 13.2. The van der Waals surface area contributed by atoms with Crippen molar-refractivity contribution in [2.45, 2.75) is 58.3 Å². The summed E-state index contributed by atoms with van der Waals surface area (Å²) >= 11 is 0. The number of unbranched alkanes of at least 4 members (excludes halogenated alkanes) is 6. The average molecular weight is 310 g/mol. The SMILES string of the molecule is CCCCCCCCCC(=O)Nc1ccc(F)c([N+](=O)[O-])c1. The number of hydrogen-bond donors (Lipinski definition) is 1. The minimum absolute atomic E-state index is 0.200. The van der Waals surface area contributed by atoms with Gasteiger partial charge in [-0.3, -0.25) is 14.9 Å². The maximum Gasteiger partial charge on any atom is 0.306 e. The standard InChI is InChI=1S/C16H23FN2O3/c1-2-3-4-5-6-7-8-9-16(20)18-13-10-11-14(17)15(12-13)19(21)22/h10-12H,2-9H2,1H3,(H,18,20). The van der Waals surface area contributed by atoms with Crippen molar-refractivity contribution in [2.75, 3.05) is 5.32 Å². The molecule has 1 aromatic rings. The summed E-state index contributed by atoms with van der Waals surface area (Å²) in [6.07, 6.45) is 8.19. The Morgan fingerprint density at radius 2 is 1.82 bits per heavy atom. The van der Waals surface area contributed by atoms with E-state index in [1.807, 2.05) is 0 Å². The van der Waals surface area contributed by atoms with Crippen LogP contribution in [0.25, 0.3) is 0 Å². The van der Waals surface area contributed by atoms with Gasteiger partial charge in [0.2, 0.25) is 11.7 Å². The molecule has 0 unspecified atom stereocenters. The summed E-state index contributed by atoms with van der Waals surface area (Å²) in [6, 6.07) is 3.35. The Morgan fingerprint density at radius 3 is 2.45 bits per heavy atom. The average Bonchev–Trinajstić information content (AvgIpc) is 2.48. The number of nitro benzene ring substituents is 1. The van der Waals surface area contributed by atoms with Gasteiger partial charge in [-0.15, -0.1) is 0 Å². The monoisotopic (exact) mass is 310 g/mol. The Morgan fingerprint density at radius 1 is 1.18 bits per heavy atom. The van der Waals surface area contributed by atoms with E-state index in [0.29, 0.717) is 6.42 Å². The van der Waals surface area contributed by atoms with Crippen LogP contribution in [0, 0.1) is 15.9 Å². The zero-order chi connectivity index (χ0) is 16.4. The Bertz CT molecular complexity index is 506. The van der Waals surface area contributed by atoms with Gasteiger partial charge in [0.25, 0.3) is 0 Å². The fourth-order valence-electron chi connectivity index (χ4n) is 2.20. The van der Waals surface area contributed by atoms with Crippen molar-refractivity contribution in [3.8, 4) is 0 Å². The van der Waals surface area contributed by atoms with Crippen LogP contribution >= 0.6 is 0 Å². The number of benzene rings is 1. The number of nitrogens with one attached hydrogen (secondary N) is 1. The number of halogens is 1. The molecule has 0 fully saturated rings. The molecule has 0 saturated carbocycles. The van der Waals surface area contributed by atoms with E-state index in [1.165, 1.54) is 31.7 Å². The van der Waals surface area contributed by atoms with E-state index in [9.17, 15) is 19.3 Å². The lowest BCUT2D eigenvalue weighted by atomic mass is 10.1. The predicted molar refractivity (Wildman–Crippen MR) is 84.3 cm³/mol. The summed E-state index contributed by atoms with van der Waals surface area (Å²) in [5.74, 6) is -1.11. The van der Waals surface area contributed by atoms with Crippen LogP contribution in [0.3, 0.4) is 0 Å². The van der Waals surface area contributed by atoms with Gasteiger partial charge in [-0.2, -0.15) is 4.39 Å². The first-order valence-electron chi connectivity index (χ1n) is 7.78. The van der Waals surface area contributed by atoms with E-state index < -0.39 is 16.4 Å². The van der Waals surface area contributed by atoms with Crippen molar-refractivity contribution in [3.63, 3.8) is 0 Å². The fraction of sp³-hybridized carbons (Fsp3) is 0.562. The molecule has 22 heavy (non-hydrogen) atoms. The number of nitrogens with zero attached hydrogens (tertiary/aromatic N) is 1. The fourth-order valence-corrected chi connectivity index (χ4v) is 2.20. The largest absolute Gasteiger partial charge is 0.326 e. The zero-order valence-corrected chi connectivity index (χ0v) is 12.9. The lowest BCUT2D eigenvalue weighted by Crippen LogP contribution is -2.11. The van der Waals surface area contributed by atoms with Gasteiger partial charge in [0.05, 0.1) is 4.92 Å². The van der Waals surface area contributed by atoms with Crippen molar-refractivity contribution in [1.29, 1.82) is 0 Å². The van der Waals surface area contributed by atoms with Gasteiger partial charge >= 0.3 is 5.69 Å². The van der Waals surface area contributed by atoms with Crippen molar-refractivity contribution in [1.82, 2.24) is 0 Å². The summed E-state index contributed by atoms with van der Waals surface area (Å²) in [5, 5.41) is 13.2. The Labute approximate surface area is 130 Å². The van der Waals surface area contributed by atoms with Crippen LogP contribution in [0.15, 0.2) is 18.2 Å². The summed E-state index contributed by atoms with van der Waals surface area (Å²) < 4.78 is 13.2. The molecule has 6 heteroatoms. The number of carbonyl (C=O) groups is 1. The first-order valence-corrected chi connectivity index (χ1v) is 7.78. The number of carbonyl (C=O) groups excluding carboxylic acids is 1. The lowest BCUT2D eigenvalue weighted by molar-refractivity contribution is -0.387. The highest BCUT2D eigenvalue weighted by Gasteiger charge is 2.15. The van der Waals surface area contributed by atoms with E-state index in [4.69, 9.17) is 0 Å². The molecule has 5 nitrogen and oxygen atoms in total. The number of nitro groups is 1. The summed E-state index contributed by atoms with van der Waals surface area (Å²) in [7, 11) is 0. The summed E-state index contributed by atoms with van der Waals surface area (Å²) in [6.45, 7) is 2.17.